The number of anilines is 2. The Morgan fingerprint density at radius 3 is 2.85 bits per heavy atom. The van der Waals surface area contributed by atoms with Gasteiger partial charge in [-0.25, -0.2) is 0 Å². The summed E-state index contributed by atoms with van der Waals surface area (Å²) in [4.78, 5) is 15.0. The van der Waals surface area contributed by atoms with Crippen LogP contribution in [0, 0.1) is 0 Å². The summed E-state index contributed by atoms with van der Waals surface area (Å²) in [7, 11) is 0. The van der Waals surface area contributed by atoms with E-state index < -0.39 is 0 Å². The van der Waals surface area contributed by atoms with Crippen LogP contribution in [0.25, 0.3) is 0 Å². The van der Waals surface area contributed by atoms with Gasteiger partial charge in [0.25, 0.3) is 0 Å². The predicted molar refractivity (Wildman–Crippen MR) is 81.8 cm³/mol. The normalized spacial score (nSPS) is 23.6. The highest BCUT2D eigenvalue weighted by atomic mass is 35.5. The number of halogens is 1. The van der Waals surface area contributed by atoms with Gasteiger partial charge in [-0.15, -0.1) is 0 Å². The van der Waals surface area contributed by atoms with Crippen LogP contribution in [0.15, 0.2) is 0 Å². The summed E-state index contributed by atoms with van der Waals surface area (Å²) < 4.78 is 5.34. The Bertz CT molecular complexity index is 451. The Hall–Kier alpha value is -0.790. The molecule has 0 amide bonds. The van der Waals surface area contributed by atoms with Crippen molar-refractivity contribution >= 4 is 35.3 Å². The third-order valence-corrected chi connectivity index (χ3v) is 4.77. The first-order valence-corrected chi connectivity index (χ1v) is 8.43. The van der Waals surface area contributed by atoms with Crippen LogP contribution in [0.4, 0.5) is 11.9 Å². The number of morpholine rings is 1. The van der Waals surface area contributed by atoms with Gasteiger partial charge in [-0.05, 0) is 30.2 Å². The average Bonchev–Trinajstić information content (AvgIpc) is 2.49. The number of hydrogen-bond donors (Lipinski definition) is 1. The second kappa shape index (κ2) is 6.78. The molecule has 0 aromatic carbocycles. The van der Waals surface area contributed by atoms with Crippen LogP contribution in [-0.2, 0) is 4.74 Å². The fraction of sp³-hybridized carbons (Fsp3) is 0.750. The van der Waals surface area contributed by atoms with Crippen molar-refractivity contribution in [1.82, 2.24) is 15.0 Å². The topological polar surface area (TPSA) is 63.2 Å². The smallest absolute Gasteiger partial charge is 0.231 e. The molecule has 2 saturated heterocycles. The second-order valence-electron chi connectivity index (χ2n) is 4.89. The van der Waals surface area contributed by atoms with Gasteiger partial charge in [-0.2, -0.15) is 26.7 Å². The van der Waals surface area contributed by atoms with Gasteiger partial charge in [0.05, 0.1) is 13.2 Å². The highest BCUT2D eigenvalue weighted by Gasteiger charge is 2.18. The van der Waals surface area contributed by atoms with Crippen LogP contribution in [0.1, 0.15) is 12.8 Å². The maximum absolute atomic E-state index is 6.02. The first-order chi connectivity index (χ1) is 9.81. The minimum absolute atomic E-state index is 0.243. The van der Waals surface area contributed by atoms with Crippen LogP contribution in [0.2, 0.25) is 5.28 Å². The van der Waals surface area contributed by atoms with Gasteiger partial charge in [0.15, 0.2) is 0 Å². The molecule has 0 saturated carbocycles. The quantitative estimate of drug-likeness (QED) is 0.910. The molecule has 6 nitrogen and oxygen atoms in total. The second-order valence-corrected chi connectivity index (χ2v) is 6.37. The fourth-order valence-electron chi connectivity index (χ4n) is 2.35. The van der Waals surface area contributed by atoms with Crippen LogP contribution in [0.5, 0.6) is 0 Å². The third-order valence-electron chi connectivity index (χ3n) is 3.38. The molecule has 1 aromatic heterocycles. The maximum atomic E-state index is 6.02. The molecule has 3 heterocycles. The molecule has 0 spiro atoms. The number of thioether (sulfide) groups is 1. The Morgan fingerprint density at radius 2 is 2.10 bits per heavy atom. The van der Waals surface area contributed by atoms with E-state index in [4.69, 9.17) is 16.3 Å². The summed E-state index contributed by atoms with van der Waals surface area (Å²) in [5.41, 5.74) is 0. The zero-order valence-electron chi connectivity index (χ0n) is 11.2. The van der Waals surface area contributed by atoms with Gasteiger partial charge in [-0.1, -0.05) is 0 Å². The van der Waals surface area contributed by atoms with Crippen molar-refractivity contribution < 1.29 is 4.74 Å². The van der Waals surface area contributed by atoms with Crippen molar-refractivity contribution in [1.29, 1.82) is 0 Å². The molecule has 0 aliphatic carbocycles. The Morgan fingerprint density at radius 1 is 1.25 bits per heavy atom. The van der Waals surface area contributed by atoms with E-state index in [1.807, 2.05) is 11.8 Å². The summed E-state index contributed by atoms with van der Waals surface area (Å²) in [5, 5.41) is 3.62. The lowest BCUT2D eigenvalue weighted by atomic mass is 10.2. The van der Waals surface area contributed by atoms with E-state index in [-0.39, 0.29) is 5.28 Å². The molecule has 2 aliphatic rings. The summed E-state index contributed by atoms with van der Waals surface area (Å²) in [6, 6.07) is 0.421. The molecule has 0 radical (unpaired) electrons. The van der Waals surface area contributed by atoms with E-state index in [0.29, 0.717) is 31.2 Å². The Kier molecular flexibility index (Phi) is 4.80. The van der Waals surface area contributed by atoms with Crippen LogP contribution < -0.4 is 10.2 Å². The van der Waals surface area contributed by atoms with Crippen molar-refractivity contribution in [2.75, 3.05) is 48.0 Å². The van der Waals surface area contributed by atoms with Gasteiger partial charge in [0.1, 0.15) is 0 Å². The summed E-state index contributed by atoms with van der Waals surface area (Å²) in [6.07, 6.45) is 2.39. The minimum Gasteiger partial charge on any atom is -0.378 e. The van der Waals surface area contributed by atoms with Crippen molar-refractivity contribution in [3.8, 4) is 0 Å². The molecule has 110 valence electrons. The van der Waals surface area contributed by atoms with Gasteiger partial charge < -0.3 is 15.0 Å². The largest absolute Gasteiger partial charge is 0.378 e. The van der Waals surface area contributed by atoms with E-state index in [9.17, 15) is 0 Å². The van der Waals surface area contributed by atoms with Gasteiger partial charge in [0.2, 0.25) is 17.2 Å². The Labute approximate surface area is 127 Å². The van der Waals surface area contributed by atoms with E-state index >= 15 is 0 Å². The number of ether oxygens (including phenoxy) is 1. The van der Waals surface area contributed by atoms with E-state index in [1.54, 1.807) is 0 Å². The van der Waals surface area contributed by atoms with Crippen molar-refractivity contribution in [3.63, 3.8) is 0 Å². The zero-order chi connectivity index (χ0) is 13.8. The summed E-state index contributed by atoms with van der Waals surface area (Å²) in [6.45, 7) is 2.98. The fourth-order valence-corrected chi connectivity index (χ4v) is 3.57. The first kappa shape index (κ1) is 14.2. The van der Waals surface area contributed by atoms with E-state index in [1.165, 1.54) is 12.2 Å². The monoisotopic (exact) mass is 315 g/mol. The summed E-state index contributed by atoms with van der Waals surface area (Å²) in [5.74, 6) is 3.56. The van der Waals surface area contributed by atoms with Crippen LogP contribution in [-0.4, -0.2) is 58.8 Å². The molecule has 1 N–H and O–H groups in total. The molecule has 20 heavy (non-hydrogen) atoms. The molecular formula is C12H18ClN5OS. The maximum Gasteiger partial charge on any atom is 0.231 e. The molecular weight excluding hydrogens is 298 g/mol. The van der Waals surface area contributed by atoms with Crippen molar-refractivity contribution in [3.05, 3.63) is 5.28 Å². The van der Waals surface area contributed by atoms with E-state index in [0.717, 1.165) is 25.3 Å². The molecule has 0 bridgehead atoms. The molecule has 2 aliphatic heterocycles. The highest BCUT2D eigenvalue weighted by Crippen LogP contribution is 2.21. The Balaban J connectivity index is 1.71. The zero-order valence-corrected chi connectivity index (χ0v) is 12.8. The molecule has 1 atom stereocenters. The lowest BCUT2D eigenvalue weighted by Gasteiger charge is -2.27. The standard InChI is InChI=1S/C12H18ClN5OS/c13-10-15-11(14-9-2-1-7-20-8-9)17-12(16-10)18-3-5-19-6-4-18/h9H,1-8H2,(H,14,15,16,17). The molecule has 8 heteroatoms. The SMILES string of the molecule is Clc1nc(NC2CCCSC2)nc(N2CCOCC2)n1. The average molecular weight is 316 g/mol. The van der Waals surface area contributed by atoms with Crippen LogP contribution >= 0.6 is 23.4 Å². The van der Waals surface area contributed by atoms with E-state index in [2.05, 4.69) is 25.2 Å². The van der Waals surface area contributed by atoms with Crippen LogP contribution in [0.3, 0.4) is 0 Å². The number of nitrogens with one attached hydrogen (secondary N) is 1. The van der Waals surface area contributed by atoms with Gasteiger partial charge in [-0.3, -0.25) is 0 Å². The molecule has 1 unspecified atom stereocenters. The first-order valence-electron chi connectivity index (χ1n) is 6.90. The lowest BCUT2D eigenvalue weighted by Crippen LogP contribution is -2.37. The predicted octanol–water partition coefficient (Wildman–Crippen LogP) is 1.67. The highest BCUT2D eigenvalue weighted by molar-refractivity contribution is 7.99. The summed E-state index contributed by atoms with van der Waals surface area (Å²) >= 11 is 7.99. The number of rotatable bonds is 3. The number of nitrogens with zero attached hydrogens (tertiary/aromatic N) is 4. The van der Waals surface area contributed by atoms with Crippen molar-refractivity contribution in [2.24, 2.45) is 0 Å². The third kappa shape index (κ3) is 3.65. The minimum atomic E-state index is 0.243. The van der Waals surface area contributed by atoms with Gasteiger partial charge >= 0.3 is 0 Å². The lowest BCUT2D eigenvalue weighted by molar-refractivity contribution is 0.122. The van der Waals surface area contributed by atoms with Crippen molar-refractivity contribution in [2.45, 2.75) is 18.9 Å². The molecule has 1 aromatic rings. The number of aromatic nitrogens is 3. The van der Waals surface area contributed by atoms with Gasteiger partial charge in [0, 0.05) is 24.9 Å². The molecule has 2 fully saturated rings. The molecule has 3 rings (SSSR count). The number of hydrogen-bond acceptors (Lipinski definition) is 7.